The number of hydrogen-bond donors (Lipinski definition) is 2. The van der Waals surface area contributed by atoms with Crippen LogP contribution in [0.4, 0.5) is 5.95 Å². The van der Waals surface area contributed by atoms with E-state index >= 15 is 0 Å². The van der Waals surface area contributed by atoms with Crippen LogP contribution in [0.2, 0.25) is 0 Å². The van der Waals surface area contributed by atoms with E-state index < -0.39 is 5.97 Å². The highest BCUT2D eigenvalue weighted by Crippen LogP contribution is 2.28. The van der Waals surface area contributed by atoms with Crippen LogP contribution in [-0.4, -0.2) is 27.6 Å². The normalized spacial score (nSPS) is 23.6. The second-order valence-corrected chi connectivity index (χ2v) is 5.08. The number of carbonyl (C=O) groups is 1. The summed E-state index contributed by atoms with van der Waals surface area (Å²) in [6.45, 7) is 3.12. The molecule has 18 heavy (non-hydrogen) atoms. The number of nitrogens with one attached hydrogen (secondary N) is 1. The minimum atomic E-state index is -1.02. The highest BCUT2D eigenvalue weighted by molar-refractivity contribution is 5.85. The van der Waals surface area contributed by atoms with Gasteiger partial charge in [0, 0.05) is 12.7 Å². The molecule has 0 aliphatic heterocycles. The van der Waals surface area contributed by atoms with Crippen molar-refractivity contribution >= 4 is 11.9 Å². The minimum Gasteiger partial charge on any atom is -0.477 e. The van der Waals surface area contributed by atoms with E-state index in [2.05, 4.69) is 22.2 Å². The highest BCUT2D eigenvalue weighted by atomic mass is 16.4. The summed E-state index contributed by atoms with van der Waals surface area (Å²) in [7, 11) is 0. The first kappa shape index (κ1) is 12.8. The second-order valence-electron chi connectivity index (χ2n) is 5.08. The molecule has 5 nitrogen and oxygen atoms in total. The van der Waals surface area contributed by atoms with Gasteiger partial charge in [0.2, 0.25) is 5.95 Å². The van der Waals surface area contributed by atoms with Gasteiger partial charge < -0.3 is 10.4 Å². The van der Waals surface area contributed by atoms with E-state index in [0.717, 1.165) is 12.5 Å². The molecule has 98 valence electrons. The summed E-state index contributed by atoms with van der Waals surface area (Å²) in [5.41, 5.74) is 0.0322. The fraction of sp³-hybridized carbons (Fsp3) is 0.615. The van der Waals surface area contributed by atoms with Crippen LogP contribution in [0, 0.1) is 11.8 Å². The summed E-state index contributed by atoms with van der Waals surface area (Å²) in [6, 6.07) is 1.40. The molecule has 0 amide bonds. The zero-order valence-electron chi connectivity index (χ0n) is 10.6. The molecule has 0 spiro atoms. The zero-order valence-corrected chi connectivity index (χ0v) is 10.6. The fourth-order valence-corrected chi connectivity index (χ4v) is 2.33. The number of rotatable bonds is 4. The lowest BCUT2D eigenvalue weighted by molar-refractivity contribution is 0.0690. The average Bonchev–Trinajstić information content (AvgIpc) is 2.38. The summed E-state index contributed by atoms with van der Waals surface area (Å²) in [5, 5.41) is 12.0. The maximum atomic E-state index is 10.8. The molecule has 1 aliphatic carbocycles. The second kappa shape index (κ2) is 5.80. The fourth-order valence-electron chi connectivity index (χ4n) is 2.33. The number of carboxylic acid groups (broad SMARTS) is 1. The smallest absolute Gasteiger partial charge is 0.354 e. The van der Waals surface area contributed by atoms with Crippen molar-refractivity contribution in [2.75, 3.05) is 11.9 Å². The van der Waals surface area contributed by atoms with E-state index in [0.29, 0.717) is 11.9 Å². The number of aromatic nitrogens is 2. The highest BCUT2D eigenvalue weighted by Gasteiger charge is 2.18. The largest absolute Gasteiger partial charge is 0.477 e. The lowest BCUT2D eigenvalue weighted by Gasteiger charge is -2.26. The average molecular weight is 249 g/mol. The van der Waals surface area contributed by atoms with Gasteiger partial charge in [-0.3, -0.25) is 0 Å². The molecule has 1 aromatic rings. The van der Waals surface area contributed by atoms with Gasteiger partial charge in [-0.15, -0.1) is 0 Å². The van der Waals surface area contributed by atoms with Gasteiger partial charge in [0.25, 0.3) is 0 Å². The van der Waals surface area contributed by atoms with Crippen molar-refractivity contribution in [2.24, 2.45) is 11.8 Å². The van der Waals surface area contributed by atoms with Crippen LogP contribution in [0.1, 0.15) is 43.1 Å². The maximum Gasteiger partial charge on any atom is 0.354 e. The van der Waals surface area contributed by atoms with Gasteiger partial charge in [-0.1, -0.05) is 19.8 Å². The summed E-state index contributed by atoms with van der Waals surface area (Å²) >= 11 is 0. The zero-order chi connectivity index (χ0) is 13.0. The van der Waals surface area contributed by atoms with Crippen molar-refractivity contribution in [3.63, 3.8) is 0 Å². The van der Waals surface area contributed by atoms with Crippen molar-refractivity contribution in [1.82, 2.24) is 9.97 Å². The molecular weight excluding hydrogens is 230 g/mol. The molecule has 1 aromatic heterocycles. The maximum absolute atomic E-state index is 10.8. The summed E-state index contributed by atoms with van der Waals surface area (Å²) in [4.78, 5) is 18.8. The van der Waals surface area contributed by atoms with Crippen LogP contribution in [0.3, 0.4) is 0 Å². The lowest BCUT2D eigenvalue weighted by atomic mass is 9.83. The summed E-state index contributed by atoms with van der Waals surface area (Å²) < 4.78 is 0. The Hall–Kier alpha value is -1.65. The van der Waals surface area contributed by atoms with E-state index in [1.54, 1.807) is 0 Å². The van der Waals surface area contributed by atoms with E-state index in [1.807, 2.05) is 0 Å². The molecule has 2 rings (SSSR count). The van der Waals surface area contributed by atoms with Crippen molar-refractivity contribution in [1.29, 1.82) is 0 Å². The number of anilines is 1. The molecule has 0 radical (unpaired) electrons. The first-order valence-electron chi connectivity index (χ1n) is 6.45. The van der Waals surface area contributed by atoms with E-state index in [9.17, 15) is 4.79 Å². The Kier molecular flexibility index (Phi) is 4.12. The molecule has 0 atom stereocenters. The van der Waals surface area contributed by atoms with Crippen LogP contribution < -0.4 is 5.32 Å². The Balaban J connectivity index is 1.86. The predicted octanol–water partition coefficient (Wildman–Crippen LogP) is 2.41. The third-order valence-electron chi connectivity index (χ3n) is 3.56. The Morgan fingerprint density at radius 2 is 2.17 bits per heavy atom. The molecule has 1 saturated carbocycles. The van der Waals surface area contributed by atoms with Crippen molar-refractivity contribution < 1.29 is 9.90 Å². The number of carboxylic acids is 1. The van der Waals surface area contributed by atoms with Crippen LogP contribution in [-0.2, 0) is 0 Å². The van der Waals surface area contributed by atoms with Gasteiger partial charge in [-0.25, -0.2) is 14.8 Å². The molecule has 1 heterocycles. The van der Waals surface area contributed by atoms with E-state index in [1.165, 1.54) is 37.9 Å². The van der Waals surface area contributed by atoms with Crippen LogP contribution in [0.25, 0.3) is 0 Å². The Labute approximate surface area is 107 Å². The SMILES string of the molecule is CC1CCC(CNc2nccc(C(=O)O)n2)CC1. The molecule has 2 N–H and O–H groups in total. The topological polar surface area (TPSA) is 75.1 Å². The van der Waals surface area contributed by atoms with Gasteiger partial charge in [0.05, 0.1) is 0 Å². The van der Waals surface area contributed by atoms with Crippen molar-refractivity contribution in [2.45, 2.75) is 32.6 Å². The quantitative estimate of drug-likeness (QED) is 0.857. The summed E-state index contributed by atoms with van der Waals surface area (Å²) in [6.07, 6.45) is 6.49. The van der Waals surface area contributed by atoms with E-state index in [-0.39, 0.29) is 5.69 Å². The first-order chi connectivity index (χ1) is 8.65. The number of nitrogens with zero attached hydrogens (tertiary/aromatic N) is 2. The molecule has 1 aliphatic rings. The third-order valence-corrected chi connectivity index (χ3v) is 3.56. The van der Waals surface area contributed by atoms with Gasteiger partial charge in [-0.05, 0) is 30.7 Å². The van der Waals surface area contributed by atoms with Gasteiger partial charge in [0.1, 0.15) is 0 Å². The molecule has 0 saturated heterocycles. The molecule has 0 bridgehead atoms. The Morgan fingerprint density at radius 3 is 2.83 bits per heavy atom. The van der Waals surface area contributed by atoms with Crippen LogP contribution >= 0.6 is 0 Å². The van der Waals surface area contributed by atoms with Crippen LogP contribution in [0.15, 0.2) is 12.3 Å². The minimum absolute atomic E-state index is 0.0322. The predicted molar refractivity (Wildman–Crippen MR) is 68.6 cm³/mol. The standard InChI is InChI=1S/C13H19N3O2/c1-9-2-4-10(5-3-9)8-15-13-14-7-6-11(16-13)12(17)18/h6-7,9-10H,2-5,8H2,1H3,(H,17,18)(H,14,15,16). The molecule has 1 fully saturated rings. The Morgan fingerprint density at radius 1 is 1.44 bits per heavy atom. The lowest BCUT2D eigenvalue weighted by Crippen LogP contribution is -2.21. The van der Waals surface area contributed by atoms with Crippen molar-refractivity contribution in [3.05, 3.63) is 18.0 Å². The monoisotopic (exact) mass is 249 g/mol. The third kappa shape index (κ3) is 3.42. The summed E-state index contributed by atoms with van der Waals surface area (Å²) in [5.74, 6) is 0.881. The van der Waals surface area contributed by atoms with Gasteiger partial charge in [-0.2, -0.15) is 0 Å². The van der Waals surface area contributed by atoms with Gasteiger partial charge >= 0.3 is 5.97 Å². The molecule has 0 aromatic carbocycles. The number of aromatic carboxylic acids is 1. The van der Waals surface area contributed by atoms with Gasteiger partial charge in [0.15, 0.2) is 5.69 Å². The molecule has 0 unspecified atom stereocenters. The molecular formula is C13H19N3O2. The van der Waals surface area contributed by atoms with Crippen molar-refractivity contribution in [3.8, 4) is 0 Å². The number of hydrogen-bond acceptors (Lipinski definition) is 4. The Bertz CT molecular complexity index is 414. The first-order valence-corrected chi connectivity index (χ1v) is 6.45. The van der Waals surface area contributed by atoms with E-state index in [4.69, 9.17) is 5.11 Å². The molecule has 5 heteroatoms. The van der Waals surface area contributed by atoms with Crippen LogP contribution in [0.5, 0.6) is 0 Å².